The Morgan fingerprint density at radius 2 is 1.92 bits per heavy atom. The molecule has 1 atom stereocenters. The second-order valence-corrected chi connectivity index (χ2v) is 3.99. The Morgan fingerprint density at radius 1 is 1.33 bits per heavy atom. The third kappa shape index (κ3) is 2.27. The first-order valence-corrected chi connectivity index (χ1v) is 4.94. The summed E-state index contributed by atoms with van der Waals surface area (Å²) in [7, 11) is -1.16. The summed E-state index contributed by atoms with van der Waals surface area (Å²) in [4.78, 5) is 10.8. The first kappa shape index (κ1) is 9.13. The summed E-state index contributed by atoms with van der Waals surface area (Å²) >= 11 is 0. The molecule has 0 spiro atoms. The zero-order chi connectivity index (χ0) is 8.97. The molecule has 3 heteroatoms. The lowest BCUT2D eigenvalue weighted by atomic mass is 10.2. The van der Waals surface area contributed by atoms with Crippen molar-refractivity contribution in [2.45, 2.75) is 11.8 Å². The van der Waals surface area contributed by atoms with Crippen molar-refractivity contribution in [1.82, 2.24) is 0 Å². The third-order valence-corrected chi connectivity index (χ3v) is 2.74. The summed E-state index contributed by atoms with van der Waals surface area (Å²) in [5.41, 5.74) is 1.13. The van der Waals surface area contributed by atoms with Crippen molar-refractivity contribution in [3.05, 3.63) is 29.8 Å². The van der Waals surface area contributed by atoms with Gasteiger partial charge in [0.05, 0.1) is 16.6 Å². The van der Waals surface area contributed by atoms with Crippen molar-refractivity contribution in [2.75, 3.05) is 5.75 Å². The van der Waals surface area contributed by atoms with E-state index in [1.807, 2.05) is 19.1 Å². The lowest BCUT2D eigenvalue weighted by Crippen LogP contribution is -1.98. The first-order valence-electron chi connectivity index (χ1n) is 3.62. The van der Waals surface area contributed by atoms with Crippen LogP contribution in [0, 0.1) is 6.92 Å². The van der Waals surface area contributed by atoms with E-state index >= 15 is 0 Å². The van der Waals surface area contributed by atoms with Crippen LogP contribution in [0.5, 0.6) is 0 Å². The quantitative estimate of drug-likeness (QED) is 0.660. The van der Waals surface area contributed by atoms with Crippen molar-refractivity contribution in [2.24, 2.45) is 0 Å². The van der Waals surface area contributed by atoms with E-state index in [1.54, 1.807) is 12.1 Å². The van der Waals surface area contributed by atoms with Gasteiger partial charge in [0.25, 0.3) is 0 Å². The van der Waals surface area contributed by atoms with Crippen LogP contribution in [0.4, 0.5) is 0 Å². The Balaban J connectivity index is 2.82. The molecule has 0 heterocycles. The maximum atomic E-state index is 11.2. The van der Waals surface area contributed by atoms with Crippen molar-refractivity contribution in [3.63, 3.8) is 0 Å². The molecular weight excluding hydrogens is 172 g/mol. The highest BCUT2D eigenvalue weighted by Crippen LogP contribution is 2.07. The minimum atomic E-state index is -1.16. The molecule has 0 unspecified atom stereocenters. The number of carbonyl (C=O) groups excluding carboxylic acids is 1. The molecule has 0 aromatic heterocycles. The van der Waals surface area contributed by atoms with E-state index in [-0.39, 0.29) is 5.75 Å². The van der Waals surface area contributed by atoms with Gasteiger partial charge >= 0.3 is 0 Å². The van der Waals surface area contributed by atoms with Gasteiger partial charge in [-0.05, 0) is 19.1 Å². The molecule has 0 N–H and O–H groups in total. The molecule has 0 aliphatic rings. The van der Waals surface area contributed by atoms with Crippen LogP contribution in [-0.2, 0) is 15.6 Å². The van der Waals surface area contributed by atoms with Gasteiger partial charge in [-0.2, -0.15) is 0 Å². The van der Waals surface area contributed by atoms with Crippen molar-refractivity contribution in [1.29, 1.82) is 0 Å². The van der Waals surface area contributed by atoms with E-state index in [1.165, 1.54) is 0 Å². The molecule has 0 aliphatic carbocycles. The summed E-state index contributed by atoms with van der Waals surface area (Å²) in [6.45, 7) is 1.96. The monoisotopic (exact) mass is 182 g/mol. The second kappa shape index (κ2) is 4.16. The molecule has 12 heavy (non-hydrogen) atoms. The third-order valence-electron chi connectivity index (χ3n) is 1.50. The lowest BCUT2D eigenvalue weighted by molar-refractivity contribution is -0.105. The van der Waals surface area contributed by atoms with E-state index in [9.17, 15) is 9.00 Å². The molecule has 0 radical (unpaired) electrons. The average Bonchev–Trinajstić information content (AvgIpc) is 2.06. The number of aryl methyl sites for hydroxylation is 1. The lowest BCUT2D eigenvalue weighted by Gasteiger charge is -1.97. The van der Waals surface area contributed by atoms with E-state index in [2.05, 4.69) is 0 Å². The molecule has 64 valence electrons. The Labute approximate surface area is 74.1 Å². The van der Waals surface area contributed by atoms with Gasteiger partial charge in [-0.25, -0.2) is 0 Å². The molecule has 1 aromatic rings. The van der Waals surface area contributed by atoms with Gasteiger partial charge in [0.15, 0.2) is 0 Å². The topological polar surface area (TPSA) is 34.1 Å². The number of carbonyl (C=O) groups is 1. The fraction of sp³-hybridized carbons (Fsp3) is 0.222. The minimum Gasteiger partial charge on any atom is -0.302 e. The predicted molar refractivity (Wildman–Crippen MR) is 48.5 cm³/mol. The molecule has 0 aliphatic heterocycles. The summed E-state index contributed by atoms with van der Waals surface area (Å²) in [5, 5.41) is 0. The van der Waals surface area contributed by atoms with E-state index in [0.717, 1.165) is 5.56 Å². The highest BCUT2D eigenvalue weighted by Gasteiger charge is 2.00. The van der Waals surface area contributed by atoms with Gasteiger partial charge in [-0.15, -0.1) is 0 Å². The van der Waals surface area contributed by atoms with Gasteiger partial charge in [0.2, 0.25) is 0 Å². The van der Waals surface area contributed by atoms with Crippen LogP contribution < -0.4 is 0 Å². The first-order chi connectivity index (χ1) is 5.74. The number of benzene rings is 1. The van der Waals surface area contributed by atoms with Crippen LogP contribution in [0.3, 0.4) is 0 Å². The molecule has 0 saturated heterocycles. The van der Waals surface area contributed by atoms with Crippen molar-refractivity contribution >= 4 is 17.1 Å². The Hall–Kier alpha value is -0.960. The largest absolute Gasteiger partial charge is 0.302 e. The summed E-state index contributed by atoms with van der Waals surface area (Å²) in [6.07, 6.45) is 0.677. The molecule has 0 amide bonds. The van der Waals surface area contributed by atoms with Crippen LogP contribution >= 0.6 is 0 Å². The zero-order valence-corrected chi connectivity index (χ0v) is 7.64. The van der Waals surface area contributed by atoms with Crippen LogP contribution in [0.25, 0.3) is 0 Å². The summed E-state index contributed by atoms with van der Waals surface area (Å²) < 4.78 is 11.2. The molecule has 0 bridgehead atoms. The number of aldehydes is 1. The maximum Gasteiger partial charge on any atom is 0.132 e. The molecule has 2 nitrogen and oxygen atoms in total. The number of hydrogen-bond acceptors (Lipinski definition) is 2. The smallest absolute Gasteiger partial charge is 0.132 e. The molecule has 1 rings (SSSR count). The average molecular weight is 182 g/mol. The fourth-order valence-electron chi connectivity index (χ4n) is 0.848. The second-order valence-electron chi connectivity index (χ2n) is 2.49. The van der Waals surface area contributed by atoms with E-state index in [4.69, 9.17) is 0 Å². The Kier molecular flexibility index (Phi) is 3.17. The molecular formula is C9H10O2S. The van der Waals surface area contributed by atoms with Gasteiger partial charge < -0.3 is 4.79 Å². The van der Waals surface area contributed by atoms with E-state index < -0.39 is 10.8 Å². The highest BCUT2D eigenvalue weighted by molar-refractivity contribution is 7.85. The van der Waals surface area contributed by atoms with Gasteiger partial charge in [0.1, 0.15) is 6.29 Å². The van der Waals surface area contributed by atoms with Crippen LogP contribution in [-0.4, -0.2) is 16.2 Å². The molecule has 1 aromatic carbocycles. The van der Waals surface area contributed by atoms with Gasteiger partial charge in [0, 0.05) is 4.90 Å². The van der Waals surface area contributed by atoms with E-state index in [0.29, 0.717) is 11.2 Å². The standard InChI is InChI=1S/C9H10O2S/c1-8-2-4-9(5-3-8)12(11)7-6-10/h2-6H,7H2,1H3/t12-/m0/s1. The maximum absolute atomic E-state index is 11.2. The highest BCUT2D eigenvalue weighted by atomic mass is 32.2. The van der Waals surface area contributed by atoms with Crippen LogP contribution in [0.1, 0.15) is 5.56 Å². The SMILES string of the molecule is Cc1ccc([S@@](=O)CC=O)cc1. The normalized spacial score (nSPS) is 12.4. The number of rotatable bonds is 3. The van der Waals surface area contributed by atoms with Gasteiger partial charge in [-0.1, -0.05) is 17.7 Å². The van der Waals surface area contributed by atoms with Gasteiger partial charge in [-0.3, -0.25) is 4.21 Å². The minimum absolute atomic E-state index is 0.0864. The van der Waals surface area contributed by atoms with Crippen LogP contribution in [0.2, 0.25) is 0 Å². The Morgan fingerprint density at radius 3 is 2.42 bits per heavy atom. The molecule has 0 saturated carbocycles. The predicted octanol–water partition coefficient (Wildman–Crippen LogP) is 1.30. The number of hydrogen-bond donors (Lipinski definition) is 0. The zero-order valence-electron chi connectivity index (χ0n) is 6.82. The van der Waals surface area contributed by atoms with Crippen molar-refractivity contribution in [3.8, 4) is 0 Å². The Bertz CT molecular complexity index is 290. The summed E-state index contributed by atoms with van der Waals surface area (Å²) in [6, 6.07) is 7.35. The molecule has 0 fully saturated rings. The fourth-order valence-corrected chi connectivity index (χ4v) is 1.60. The van der Waals surface area contributed by atoms with Crippen molar-refractivity contribution < 1.29 is 9.00 Å². The van der Waals surface area contributed by atoms with Crippen LogP contribution in [0.15, 0.2) is 29.2 Å². The summed E-state index contributed by atoms with van der Waals surface area (Å²) in [5.74, 6) is 0.0864.